The van der Waals surface area contributed by atoms with Gasteiger partial charge >= 0.3 is 0 Å². The van der Waals surface area contributed by atoms with Crippen LogP contribution in [0.3, 0.4) is 0 Å². The highest BCUT2D eigenvalue weighted by Gasteiger charge is 2.24. The van der Waals surface area contributed by atoms with Crippen LogP contribution in [0.15, 0.2) is 0 Å². The number of aromatic nitrogens is 3. The first-order valence-corrected chi connectivity index (χ1v) is 6.87. The van der Waals surface area contributed by atoms with Gasteiger partial charge in [-0.25, -0.2) is 4.98 Å². The molecular formula is C13H24N4. The van der Waals surface area contributed by atoms with Crippen LogP contribution in [0.25, 0.3) is 0 Å². The van der Waals surface area contributed by atoms with E-state index >= 15 is 0 Å². The standard InChI is InChI=1S/C13H24N4/c1-3-6-11(9-14)13-15-12(16-17(13)2)10-7-4-5-8-10/h10-11H,3-9,14H2,1-2H3. The SMILES string of the molecule is CCCC(CN)c1nc(C2CCCC2)nn1C. The maximum atomic E-state index is 5.84. The number of aryl methyl sites for hydroxylation is 1. The van der Waals surface area contributed by atoms with E-state index < -0.39 is 0 Å². The van der Waals surface area contributed by atoms with Gasteiger partial charge in [-0.3, -0.25) is 4.68 Å². The van der Waals surface area contributed by atoms with Crippen molar-refractivity contribution in [2.24, 2.45) is 12.8 Å². The molecule has 1 atom stereocenters. The lowest BCUT2D eigenvalue weighted by Crippen LogP contribution is -2.16. The van der Waals surface area contributed by atoms with Crippen LogP contribution in [0.2, 0.25) is 0 Å². The predicted molar refractivity (Wildman–Crippen MR) is 68.9 cm³/mol. The molecule has 0 amide bonds. The number of hydrogen-bond acceptors (Lipinski definition) is 3. The molecule has 0 bridgehead atoms. The minimum Gasteiger partial charge on any atom is -0.330 e. The molecule has 1 saturated carbocycles. The van der Waals surface area contributed by atoms with Crippen LogP contribution in [-0.4, -0.2) is 21.3 Å². The summed E-state index contributed by atoms with van der Waals surface area (Å²) in [5.41, 5.74) is 5.84. The zero-order chi connectivity index (χ0) is 12.3. The van der Waals surface area contributed by atoms with Crippen molar-refractivity contribution in [1.82, 2.24) is 14.8 Å². The first-order chi connectivity index (χ1) is 8.26. The van der Waals surface area contributed by atoms with Crippen LogP contribution >= 0.6 is 0 Å². The maximum Gasteiger partial charge on any atom is 0.154 e. The number of rotatable bonds is 5. The van der Waals surface area contributed by atoms with Gasteiger partial charge in [0.2, 0.25) is 0 Å². The van der Waals surface area contributed by atoms with Gasteiger partial charge in [-0.05, 0) is 19.3 Å². The summed E-state index contributed by atoms with van der Waals surface area (Å²) in [6, 6.07) is 0. The molecule has 2 rings (SSSR count). The normalized spacial score (nSPS) is 18.8. The molecule has 1 fully saturated rings. The quantitative estimate of drug-likeness (QED) is 0.853. The Hall–Kier alpha value is -0.900. The molecule has 4 nitrogen and oxygen atoms in total. The van der Waals surface area contributed by atoms with Gasteiger partial charge in [-0.15, -0.1) is 0 Å². The van der Waals surface area contributed by atoms with Crippen molar-refractivity contribution in [3.8, 4) is 0 Å². The van der Waals surface area contributed by atoms with Crippen molar-refractivity contribution in [1.29, 1.82) is 0 Å². The fourth-order valence-corrected chi connectivity index (χ4v) is 2.83. The van der Waals surface area contributed by atoms with E-state index in [4.69, 9.17) is 10.7 Å². The fraction of sp³-hybridized carbons (Fsp3) is 0.846. The summed E-state index contributed by atoms with van der Waals surface area (Å²) in [6.45, 7) is 2.86. The van der Waals surface area contributed by atoms with Crippen molar-refractivity contribution in [3.05, 3.63) is 11.6 Å². The molecule has 17 heavy (non-hydrogen) atoms. The van der Waals surface area contributed by atoms with Crippen LogP contribution in [0.1, 0.15) is 68.9 Å². The fourth-order valence-electron chi connectivity index (χ4n) is 2.83. The van der Waals surface area contributed by atoms with E-state index in [9.17, 15) is 0 Å². The molecule has 1 heterocycles. The average molecular weight is 236 g/mol. The molecular weight excluding hydrogens is 212 g/mol. The molecule has 1 unspecified atom stereocenters. The molecule has 0 radical (unpaired) electrons. The Morgan fingerprint density at radius 3 is 2.71 bits per heavy atom. The average Bonchev–Trinajstić information content (AvgIpc) is 2.95. The second-order valence-corrected chi connectivity index (χ2v) is 5.15. The van der Waals surface area contributed by atoms with Gasteiger partial charge in [-0.2, -0.15) is 5.10 Å². The Balaban J connectivity index is 2.16. The van der Waals surface area contributed by atoms with Crippen molar-refractivity contribution < 1.29 is 0 Å². The van der Waals surface area contributed by atoms with Gasteiger partial charge in [0.05, 0.1) is 0 Å². The van der Waals surface area contributed by atoms with Crippen LogP contribution in [0, 0.1) is 0 Å². The monoisotopic (exact) mass is 236 g/mol. The first kappa shape index (κ1) is 12.6. The summed E-state index contributed by atoms with van der Waals surface area (Å²) in [5.74, 6) is 3.09. The number of hydrogen-bond donors (Lipinski definition) is 1. The maximum absolute atomic E-state index is 5.84. The smallest absolute Gasteiger partial charge is 0.154 e. The molecule has 1 aromatic rings. The molecule has 1 aromatic heterocycles. The lowest BCUT2D eigenvalue weighted by Gasteiger charge is -2.11. The topological polar surface area (TPSA) is 56.7 Å². The summed E-state index contributed by atoms with van der Waals surface area (Å²) in [4.78, 5) is 4.75. The lowest BCUT2D eigenvalue weighted by molar-refractivity contribution is 0.551. The lowest BCUT2D eigenvalue weighted by atomic mass is 10.0. The first-order valence-electron chi connectivity index (χ1n) is 6.87. The van der Waals surface area contributed by atoms with Gasteiger partial charge in [-0.1, -0.05) is 26.2 Å². The largest absolute Gasteiger partial charge is 0.330 e. The number of nitrogens with zero attached hydrogens (tertiary/aromatic N) is 3. The van der Waals surface area contributed by atoms with Crippen molar-refractivity contribution in [2.75, 3.05) is 6.54 Å². The highest BCUT2D eigenvalue weighted by molar-refractivity contribution is 5.05. The van der Waals surface area contributed by atoms with Gasteiger partial charge in [0.15, 0.2) is 5.82 Å². The Morgan fingerprint density at radius 1 is 1.41 bits per heavy atom. The third-order valence-corrected chi connectivity index (χ3v) is 3.82. The summed E-state index contributed by atoms with van der Waals surface area (Å²) in [7, 11) is 2.00. The minimum absolute atomic E-state index is 0.368. The molecule has 1 aliphatic carbocycles. The highest BCUT2D eigenvalue weighted by Crippen LogP contribution is 2.33. The van der Waals surface area contributed by atoms with Crippen LogP contribution in [0.4, 0.5) is 0 Å². The second kappa shape index (κ2) is 5.63. The summed E-state index contributed by atoms with van der Waals surface area (Å²) in [6.07, 6.45) is 7.41. The van der Waals surface area contributed by atoms with E-state index in [1.807, 2.05) is 11.7 Å². The van der Waals surface area contributed by atoms with Crippen molar-refractivity contribution in [2.45, 2.75) is 57.3 Å². The molecule has 96 valence electrons. The zero-order valence-electron chi connectivity index (χ0n) is 11.0. The Labute approximate surface area is 104 Å². The molecule has 0 aromatic carbocycles. The molecule has 1 aliphatic rings. The Morgan fingerprint density at radius 2 is 2.12 bits per heavy atom. The molecule has 0 spiro atoms. The van der Waals surface area contributed by atoms with E-state index in [2.05, 4.69) is 12.0 Å². The van der Waals surface area contributed by atoms with Crippen LogP contribution < -0.4 is 5.73 Å². The molecule has 4 heteroatoms. The predicted octanol–water partition coefficient (Wildman–Crippen LogP) is 2.32. The van der Waals surface area contributed by atoms with E-state index in [1.54, 1.807) is 0 Å². The summed E-state index contributed by atoms with van der Waals surface area (Å²) < 4.78 is 1.95. The third kappa shape index (κ3) is 2.68. The Bertz CT molecular complexity index is 352. The molecule has 0 saturated heterocycles. The Kier molecular flexibility index (Phi) is 4.15. The summed E-state index contributed by atoms with van der Waals surface area (Å²) >= 11 is 0. The van der Waals surface area contributed by atoms with E-state index in [0.29, 0.717) is 18.4 Å². The van der Waals surface area contributed by atoms with Crippen molar-refractivity contribution >= 4 is 0 Å². The van der Waals surface area contributed by atoms with Gasteiger partial charge in [0.1, 0.15) is 5.82 Å². The van der Waals surface area contributed by atoms with Gasteiger partial charge in [0, 0.05) is 25.4 Å². The highest BCUT2D eigenvalue weighted by atomic mass is 15.3. The third-order valence-electron chi connectivity index (χ3n) is 3.82. The van der Waals surface area contributed by atoms with Crippen LogP contribution in [-0.2, 0) is 7.05 Å². The van der Waals surface area contributed by atoms with Crippen molar-refractivity contribution in [3.63, 3.8) is 0 Å². The van der Waals surface area contributed by atoms with Crippen LogP contribution in [0.5, 0.6) is 0 Å². The van der Waals surface area contributed by atoms with E-state index in [-0.39, 0.29) is 0 Å². The number of nitrogens with two attached hydrogens (primary N) is 1. The van der Waals surface area contributed by atoms with E-state index in [1.165, 1.54) is 25.7 Å². The second-order valence-electron chi connectivity index (χ2n) is 5.15. The molecule has 0 aliphatic heterocycles. The summed E-state index contributed by atoms with van der Waals surface area (Å²) in [5, 5.41) is 4.59. The minimum atomic E-state index is 0.368. The van der Waals surface area contributed by atoms with Gasteiger partial charge in [0.25, 0.3) is 0 Å². The van der Waals surface area contributed by atoms with Gasteiger partial charge < -0.3 is 5.73 Å². The van der Waals surface area contributed by atoms with E-state index in [0.717, 1.165) is 24.5 Å². The molecule has 2 N–H and O–H groups in total. The zero-order valence-corrected chi connectivity index (χ0v) is 11.0.